The van der Waals surface area contributed by atoms with Gasteiger partial charge in [0, 0.05) is 12.3 Å². The first-order valence-corrected chi connectivity index (χ1v) is 6.43. The van der Waals surface area contributed by atoms with E-state index in [9.17, 15) is 9.59 Å². The highest BCUT2D eigenvalue weighted by Crippen LogP contribution is 2.22. The van der Waals surface area contributed by atoms with Crippen molar-refractivity contribution in [2.75, 3.05) is 5.32 Å². The van der Waals surface area contributed by atoms with Gasteiger partial charge in [0.15, 0.2) is 0 Å². The molecule has 0 aliphatic carbocycles. The van der Waals surface area contributed by atoms with Gasteiger partial charge in [-0.25, -0.2) is 9.78 Å². The van der Waals surface area contributed by atoms with Gasteiger partial charge in [0.1, 0.15) is 16.7 Å². The van der Waals surface area contributed by atoms with Crippen LogP contribution in [0.25, 0.3) is 6.08 Å². The van der Waals surface area contributed by atoms with E-state index >= 15 is 0 Å². The molecule has 0 saturated heterocycles. The number of carboxylic acid groups (broad SMARTS) is 1. The molecule has 1 amide bonds. The lowest BCUT2D eigenvalue weighted by atomic mass is 10.2. The molecule has 2 rings (SSSR count). The number of halogens is 2. The van der Waals surface area contributed by atoms with Crippen LogP contribution in [0.5, 0.6) is 0 Å². The van der Waals surface area contributed by atoms with Crippen molar-refractivity contribution in [3.05, 3.63) is 51.9 Å². The summed E-state index contributed by atoms with van der Waals surface area (Å²) in [4.78, 5) is 29.0. The van der Waals surface area contributed by atoms with Gasteiger partial charge < -0.3 is 15.4 Å². The molecule has 2 aromatic rings. The van der Waals surface area contributed by atoms with Gasteiger partial charge in [-0.05, 0) is 29.8 Å². The maximum atomic E-state index is 11.9. The number of pyridine rings is 1. The van der Waals surface area contributed by atoms with E-state index in [1.165, 1.54) is 24.4 Å². The third-order valence-corrected chi connectivity index (χ3v) is 3.11. The smallest absolute Gasteiger partial charge is 0.328 e. The zero-order chi connectivity index (χ0) is 15.4. The SMILES string of the molecule is O=C(O)/C=C/c1ccnc(NC(=O)c2cc(Cl)c(Cl)[nH]2)c1. The molecule has 0 unspecified atom stereocenters. The average Bonchev–Trinajstić information content (AvgIpc) is 2.77. The lowest BCUT2D eigenvalue weighted by molar-refractivity contribution is -0.131. The number of carbonyl (C=O) groups is 2. The van der Waals surface area contributed by atoms with Gasteiger partial charge in [0.2, 0.25) is 0 Å². The Morgan fingerprint density at radius 1 is 1.33 bits per heavy atom. The molecule has 0 aliphatic rings. The molecule has 0 bridgehead atoms. The molecule has 21 heavy (non-hydrogen) atoms. The minimum absolute atomic E-state index is 0.174. The highest BCUT2D eigenvalue weighted by molar-refractivity contribution is 6.41. The maximum absolute atomic E-state index is 11.9. The number of carbonyl (C=O) groups excluding carboxylic acids is 1. The summed E-state index contributed by atoms with van der Waals surface area (Å²) in [5.41, 5.74) is 0.781. The Balaban J connectivity index is 2.14. The van der Waals surface area contributed by atoms with E-state index in [0.29, 0.717) is 5.56 Å². The monoisotopic (exact) mass is 325 g/mol. The molecule has 0 aliphatic heterocycles. The second kappa shape index (κ2) is 6.43. The Hall–Kier alpha value is -2.31. The van der Waals surface area contributed by atoms with E-state index in [1.807, 2.05) is 0 Å². The molecular formula is C13H9Cl2N3O3. The largest absolute Gasteiger partial charge is 0.478 e. The average molecular weight is 326 g/mol. The quantitative estimate of drug-likeness (QED) is 0.753. The van der Waals surface area contributed by atoms with Crippen molar-refractivity contribution in [1.82, 2.24) is 9.97 Å². The van der Waals surface area contributed by atoms with Crippen LogP contribution in [0.1, 0.15) is 16.1 Å². The number of hydrogen-bond donors (Lipinski definition) is 3. The molecular weight excluding hydrogens is 317 g/mol. The second-order valence-electron chi connectivity index (χ2n) is 3.95. The number of carboxylic acids is 1. The van der Waals surface area contributed by atoms with E-state index in [2.05, 4.69) is 15.3 Å². The van der Waals surface area contributed by atoms with Crippen molar-refractivity contribution in [3.8, 4) is 0 Å². The minimum atomic E-state index is -1.06. The van der Waals surface area contributed by atoms with Gasteiger partial charge >= 0.3 is 5.97 Å². The Morgan fingerprint density at radius 2 is 2.10 bits per heavy atom. The number of hydrogen-bond acceptors (Lipinski definition) is 3. The van der Waals surface area contributed by atoms with Crippen LogP contribution in [0.3, 0.4) is 0 Å². The number of nitrogens with zero attached hydrogens (tertiary/aromatic N) is 1. The summed E-state index contributed by atoms with van der Waals surface area (Å²) >= 11 is 11.5. The van der Waals surface area contributed by atoms with Crippen molar-refractivity contribution in [3.63, 3.8) is 0 Å². The van der Waals surface area contributed by atoms with Gasteiger partial charge in [-0.2, -0.15) is 0 Å². The molecule has 0 spiro atoms. The molecule has 0 saturated carbocycles. The van der Waals surface area contributed by atoms with Crippen LogP contribution in [0.15, 0.2) is 30.5 Å². The summed E-state index contributed by atoms with van der Waals surface area (Å²) in [5.74, 6) is -1.25. The number of aliphatic carboxylic acids is 1. The molecule has 3 N–H and O–H groups in total. The van der Waals surface area contributed by atoms with Gasteiger partial charge in [0.25, 0.3) is 5.91 Å². The Bertz CT molecular complexity index is 706. The first kappa shape index (κ1) is 15.1. The number of aromatic nitrogens is 2. The molecule has 2 heterocycles. The van der Waals surface area contributed by atoms with E-state index < -0.39 is 11.9 Å². The lowest BCUT2D eigenvalue weighted by Gasteiger charge is -2.03. The summed E-state index contributed by atoms with van der Waals surface area (Å²) in [7, 11) is 0. The van der Waals surface area contributed by atoms with Crippen LogP contribution < -0.4 is 5.32 Å². The highest BCUT2D eigenvalue weighted by Gasteiger charge is 2.12. The zero-order valence-corrected chi connectivity index (χ0v) is 11.9. The number of rotatable bonds is 4. The molecule has 0 atom stereocenters. The van der Waals surface area contributed by atoms with Crippen molar-refractivity contribution in [2.24, 2.45) is 0 Å². The fraction of sp³-hybridized carbons (Fsp3) is 0. The topological polar surface area (TPSA) is 95.1 Å². The summed E-state index contributed by atoms with van der Waals surface area (Å²) in [6, 6.07) is 4.54. The van der Waals surface area contributed by atoms with Crippen LogP contribution in [0, 0.1) is 0 Å². The normalized spacial score (nSPS) is 10.8. The van der Waals surface area contributed by atoms with Gasteiger partial charge in [-0.1, -0.05) is 23.2 Å². The number of amides is 1. The summed E-state index contributed by atoms with van der Waals surface area (Å²) in [6.45, 7) is 0. The van der Waals surface area contributed by atoms with E-state index in [4.69, 9.17) is 28.3 Å². The maximum Gasteiger partial charge on any atom is 0.328 e. The van der Waals surface area contributed by atoms with Crippen molar-refractivity contribution in [1.29, 1.82) is 0 Å². The van der Waals surface area contributed by atoms with Crippen LogP contribution in [0.2, 0.25) is 10.2 Å². The number of anilines is 1. The fourth-order valence-corrected chi connectivity index (χ4v) is 1.81. The van der Waals surface area contributed by atoms with E-state index in [1.54, 1.807) is 6.07 Å². The summed E-state index contributed by atoms with van der Waals surface area (Å²) in [6.07, 6.45) is 3.83. The Kier molecular flexibility index (Phi) is 4.62. The van der Waals surface area contributed by atoms with Gasteiger partial charge in [-0.15, -0.1) is 0 Å². The highest BCUT2D eigenvalue weighted by atomic mass is 35.5. The molecule has 2 aromatic heterocycles. The molecule has 0 fully saturated rings. The second-order valence-corrected chi connectivity index (χ2v) is 4.73. The van der Waals surface area contributed by atoms with Crippen LogP contribution in [0.4, 0.5) is 5.82 Å². The first-order valence-electron chi connectivity index (χ1n) is 5.68. The van der Waals surface area contributed by atoms with Crippen molar-refractivity contribution >= 4 is 47.0 Å². The van der Waals surface area contributed by atoms with Crippen molar-refractivity contribution in [2.45, 2.75) is 0 Å². The molecule has 0 aromatic carbocycles. The molecule has 108 valence electrons. The molecule has 8 heteroatoms. The van der Waals surface area contributed by atoms with Crippen LogP contribution >= 0.6 is 23.2 Å². The van der Waals surface area contributed by atoms with E-state index in [0.717, 1.165) is 6.08 Å². The number of H-pyrrole nitrogens is 1. The minimum Gasteiger partial charge on any atom is -0.478 e. The van der Waals surface area contributed by atoms with Gasteiger partial charge in [0.05, 0.1) is 5.02 Å². The summed E-state index contributed by atoms with van der Waals surface area (Å²) in [5, 5.41) is 11.5. The molecule has 0 radical (unpaired) electrons. The van der Waals surface area contributed by atoms with Gasteiger partial charge in [-0.3, -0.25) is 4.79 Å². The standard InChI is InChI=1S/C13H9Cl2N3O3/c14-8-6-9(17-12(8)15)13(21)18-10-5-7(3-4-16-10)1-2-11(19)20/h1-6,17H,(H,19,20)(H,16,18,21)/b2-1+. The number of aromatic amines is 1. The van der Waals surface area contributed by atoms with E-state index in [-0.39, 0.29) is 21.7 Å². The number of nitrogens with one attached hydrogen (secondary N) is 2. The predicted molar refractivity (Wildman–Crippen MR) is 79.7 cm³/mol. The van der Waals surface area contributed by atoms with Crippen LogP contribution in [-0.4, -0.2) is 27.0 Å². The lowest BCUT2D eigenvalue weighted by Crippen LogP contribution is -2.13. The first-order chi connectivity index (χ1) is 9.95. The predicted octanol–water partition coefficient (Wildman–Crippen LogP) is 3.07. The fourth-order valence-electron chi connectivity index (χ4n) is 1.50. The summed E-state index contributed by atoms with van der Waals surface area (Å²) < 4.78 is 0. The third-order valence-electron chi connectivity index (χ3n) is 2.41. The molecule has 6 nitrogen and oxygen atoms in total. The van der Waals surface area contributed by atoms with Crippen molar-refractivity contribution < 1.29 is 14.7 Å². The Morgan fingerprint density at radius 3 is 2.71 bits per heavy atom. The Labute approximate surface area is 129 Å². The van der Waals surface area contributed by atoms with Crippen LogP contribution in [-0.2, 0) is 4.79 Å². The zero-order valence-electron chi connectivity index (χ0n) is 10.4. The third kappa shape index (κ3) is 4.08.